The molecule has 1 fully saturated rings. The van der Waals surface area contributed by atoms with Gasteiger partial charge < -0.3 is 10.1 Å². The fourth-order valence-corrected chi connectivity index (χ4v) is 2.24. The van der Waals surface area contributed by atoms with Crippen LogP contribution in [0, 0.1) is 11.8 Å². The molecule has 0 unspecified atom stereocenters. The molecule has 1 N–H and O–H groups in total. The smallest absolute Gasteiger partial charge is 0.119 e. The monoisotopic (exact) mass is 229 g/mol. The molecule has 2 nitrogen and oxygen atoms in total. The molecule has 1 aliphatic rings. The van der Waals surface area contributed by atoms with E-state index in [0.717, 1.165) is 12.3 Å². The second-order valence-corrected chi connectivity index (χ2v) is 4.45. The quantitative estimate of drug-likeness (QED) is 0.801. The first-order valence-corrected chi connectivity index (χ1v) is 6.10. The van der Waals surface area contributed by atoms with Crippen LogP contribution in [0.3, 0.4) is 0 Å². The second-order valence-electron chi connectivity index (χ2n) is 4.45. The molecule has 1 saturated carbocycles. The molecule has 1 aliphatic carbocycles. The van der Waals surface area contributed by atoms with Crippen molar-refractivity contribution < 1.29 is 4.74 Å². The zero-order chi connectivity index (χ0) is 12.1. The molecule has 90 valence electrons. The molecule has 0 aliphatic heterocycles. The van der Waals surface area contributed by atoms with Gasteiger partial charge in [-0.2, -0.15) is 0 Å². The zero-order valence-corrected chi connectivity index (χ0v) is 10.5. The molecule has 0 saturated heterocycles. The van der Waals surface area contributed by atoms with Gasteiger partial charge in [-0.15, -0.1) is 5.92 Å². The van der Waals surface area contributed by atoms with Crippen molar-refractivity contribution in [2.45, 2.75) is 31.7 Å². The van der Waals surface area contributed by atoms with Crippen LogP contribution < -0.4 is 10.1 Å². The third kappa shape index (κ3) is 3.01. The number of nitrogens with one attached hydrogen (secondary N) is 1. The maximum atomic E-state index is 5.25. The first kappa shape index (κ1) is 12.0. The summed E-state index contributed by atoms with van der Waals surface area (Å²) in [6.45, 7) is 2.69. The lowest BCUT2D eigenvalue weighted by atomic mass is 9.76. The van der Waals surface area contributed by atoms with Crippen LogP contribution in [0.15, 0.2) is 24.3 Å². The number of methoxy groups -OCH3 is 1. The van der Waals surface area contributed by atoms with Crippen molar-refractivity contribution in [3.05, 3.63) is 29.8 Å². The molecule has 0 amide bonds. The average molecular weight is 229 g/mol. The van der Waals surface area contributed by atoms with E-state index in [1.54, 1.807) is 7.11 Å². The van der Waals surface area contributed by atoms with Crippen molar-refractivity contribution in [3.63, 3.8) is 0 Å². The van der Waals surface area contributed by atoms with Gasteiger partial charge in [0.1, 0.15) is 5.75 Å². The van der Waals surface area contributed by atoms with Crippen LogP contribution in [-0.4, -0.2) is 19.7 Å². The Morgan fingerprint density at radius 2 is 2.24 bits per heavy atom. The summed E-state index contributed by atoms with van der Waals surface area (Å²) in [7, 11) is 1.72. The van der Waals surface area contributed by atoms with Gasteiger partial charge in [0.05, 0.1) is 13.7 Å². The molecule has 0 atom stereocenters. The predicted molar refractivity (Wildman–Crippen MR) is 70.2 cm³/mol. The first-order chi connectivity index (χ1) is 8.33. The highest BCUT2D eigenvalue weighted by molar-refractivity contribution is 5.32. The Kier molecular flexibility index (Phi) is 4.06. The Balaban J connectivity index is 1.83. The molecule has 1 aromatic rings. The van der Waals surface area contributed by atoms with Crippen LogP contribution in [0.1, 0.15) is 31.2 Å². The highest BCUT2D eigenvalue weighted by atomic mass is 16.5. The summed E-state index contributed by atoms with van der Waals surface area (Å²) >= 11 is 0. The number of benzene rings is 1. The van der Waals surface area contributed by atoms with Crippen molar-refractivity contribution in [1.29, 1.82) is 0 Å². The summed E-state index contributed by atoms with van der Waals surface area (Å²) in [4.78, 5) is 0. The summed E-state index contributed by atoms with van der Waals surface area (Å²) in [5.41, 5.74) is 1.39. The van der Waals surface area contributed by atoms with E-state index >= 15 is 0 Å². The molecule has 1 aromatic carbocycles. The number of ether oxygens (including phenoxy) is 1. The topological polar surface area (TPSA) is 21.3 Å². The third-order valence-corrected chi connectivity index (χ3v) is 3.36. The molecule has 0 spiro atoms. The van der Waals surface area contributed by atoms with E-state index in [1.807, 2.05) is 13.0 Å². The number of hydrogen-bond acceptors (Lipinski definition) is 2. The van der Waals surface area contributed by atoms with E-state index in [4.69, 9.17) is 4.74 Å². The molecular weight excluding hydrogens is 210 g/mol. The Morgan fingerprint density at radius 3 is 2.94 bits per heavy atom. The van der Waals surface area contributed by atoms with Gasteiger partial charge in [-0.05, 0) is 43.4 Å². The van der Waals surface area contributed by atoms with Gasteiger partial charge in [0.2, 0.25) is 0 Å². The molecule has 17 heavy (non-hydrogen) atoms. The van der Waals surface area contributed by atoms with Gasteiger partial charge in [0.15, 0.2) is 0 Å². The first-order valence-electron chi connectivity index (χ1n) is 6.10. The van der Waals surface area contributed by atoms with Crippen molar-refractivity contribution >= 4 is 0 Å². The van der Waals surface area contributed by atoms with Gasteiger partial charge in [-0.1, -0.05) is 18.1 Å². The predicted octanol–water partition coefficient (Wildman–Crippen LogP) is 2.55. The van der Waals surface area contributed by atoms with Crippen LogP contribution in [0.2, 0.25) is 0 Å². The highest BCUT2D eigenvalue weighted by Crippen LogP contribution is 2.37. The van der Waals surface area contributed by atoms with E-state index in [1.165, 1.54) is 18.4 Å². The van der Waals surface area contributed by atoms with Gasteiger partial charge in [0, 0.05) is 6.04 Å². The zero-order valence-electron chi connectivity index (χ0n) is 10.5. The summed E-state index contributed by atoms with van der Waals surface area (Å²) in [5, 5.41) is 3.44. The van der Waals surface area contributed by atoms with Gasteiger partial charge in [0.25, 0.3) is 0 Å². The normalized spacial score (nSPS) is 22.2. The van der Waals surface area contributed by atoms with Crippen LogP contribution in [0.25, 0.3) is 0 Å². The number of hydrogen-bond donors (Lipinski definition) is 1. The van der Waals surface area contributed by atoms with Crippen molar-refractivity contribution in [1.82, 2.24) is 5.32 Å². The third-order valence-electron chi connectivity index (χ3n) is 3.36. The van der Waals surface area contributed by atoms with E-state index in [0.29, 0.717) is 12.0 Å². The van der Waals surface area contributed by atoms with Gasteiger partial charge in [-0.25, -0.2) is 0 Å². The Morgan fingerprint density at radius 1 is 1.41 bits per heavy atom. The molecule has 2 heteroatoms. The van der Waals surface area contributed by atoms with Gasteiger partial charge in [-0.3, -0.25) is 0 Å². The fraction of sp³-hybridized carbons (Fsp3) is 0.467. The summed E-state index contributed by atoms with van der Waals surface area (Å²) in [5.74, 6) is 7.57. The Bertz CT molecular complexity index is 424. The van der Waals surface area contributed by atoms with Crippen LogP contribution >= 0.6 is 0 Å². The summed E-state index contributed by atoms with van der Waals surface area (Å²) < 4.78 is 5.25. The fourth-order valence-electron chi connectivity index (χ4n) is 2.24. The largest absolute Gasteiger partial charge is 0.497 e. The van der Waals surface area contributed by atoms with Crippen LogP contribution in [0.5, 0.6) is 5.75 Å². The van der Waals surface area contributed by atoms with E-state index in [-0.39, 0.29) is 0 Å². The van der Waals surface area contributed by atoms with E-state index in [9.17, 15) is 0 Å². The van der Waals surface area contributed by atoms with Gasteiger partial charge >= 0.3 is 0 Å². The molecule has 0 heterocycles. The Hall–Kier alpha value is -1.46. The molecular formula is C15H19NO. The minimum absolute atomic E-state index is 0.632. The standard InChI is InChI=1S/C15H19NO/c1-3-4-8-16-14-9-13(10-14)12-6-5-7-15(11-12)17-2/h5-7,11,13-14,16H,8-10H2,1-2H3. The minimum Gasteiger partial charge on any atom is -0.497 e. The maximum Gasteiger partial charge on any atom is 0.119 e. The lowest BCUT2D eigenvalue weighted by Crippen LogP contribution is -2.40. The summed E-state index contributed by atoms with van der Waals surface area (Å²) in [6, 6.07) is 9.03. The van der Waals surface area contributed by atoms with Crippen LogP contribution in [-0.2, 0) is 0 Å². The van der Waals surface area contributed by atoms with Crippen molar-refractivity contribution in [2.24, 2.45) is 0 Å². The Labute approximate surface area is 103 Å². The lowest BCUT2D eigenvalue weighted by molar-refractivity contribution is 0.300. The molecule has 0 bridgehead atoms. The van der Waals surface area contributed by atoms with Crippen LogP contribution in [0.4, 0.5) is 0 Å². The van der Waals surface area contributed by atoms with Crippen molar-refractivity contribution in [3.8, 4) is 17.6 Å². The molecule has 0 radical (unpaired) electrons. The number of rotatable bonds is 4. The second kappa shape index (κ2) is 5.75. The highest BCUT2D eigenvalue weighted by Gasteiger charge is 2.29. The van der Waals surface area contributed by atoms with E-state index < -0.39 is 0 Å². The average Bonchev–Trinajstić information content (AvgIpc) is 2.32. The molecule has 0 aromatic heterocycles. The van der Waals surface area contributed by atoms with Crippen molar-refractivity contribution in [2.75, 3.05) is 13.7 Å². The minimum atomic E-state index is 0.632. The lowest BCUT2D eigenvalue weighted by Gasteiger charge is -2.36. The maximum absolute atomic E-state index is 5.25. The summed E-state index contributed by atoms with van der Waals surface area (Å²) in [6.07, 6.45) is 2.41. The van der Waals surface area contributed by atoms with E-state index in [2.05, 4.69) is 35.4 Å². The SMILES string of the molecule is CC#CCNC1CC(c2cccc(OC)c2)C1. The molecule has 2 rings (SSSR count).